The molecule has 2 aromatic rings. The summed E-state index contributed by atoms with van der Waals surface area (Å²) in [4.78, 5) is 12.0. The van der Waals surface area contributed by atoms with Gasteiger partial charge in [-0.2, -0.15) is 0 Å². The van der Waals surface area contributed by atoms with Crippen molar-refractivity contribution in [3.05, 3.63) is 53.6 Å². The summed E-state index contributed by atoms with van der Waals surface area (Å²) in [7, 11) is 3.07. The molecule has 4 nitrogen and oxygen atoms in total. The smallest absolute Gasteiger partial charge is 0.240 e. The molecular weight excluding hydrogens is 268 g/mol. The Balaban J connectivity index is 2.23. The van der Waals surface area contributed by atoms with E-state index in [4.69, 9.17) is 9.47 Å². The van der Waals surface area contributed by atoms with Gasteiger partial charge in [-0.25, -0.2) is 0 Å². The molecule has 0 saturated carbocycles. The predicted molar refractivity (Wildman–Crippen MR) is 78.9 cm³/mol. The maximum absolute atomic E-state index is 12.0. The highest BCUT2D eigenvalue weighted by Crippen LogP contribution is 2.23. The minimum atomic E-state index is -0.470. The number of benzene rings is 2. The number of ether oxygens (including phenoxy) is 2. The van der Waals surface area contributed by atoms with Crippen LogP contribution in [0.3, 0.4) is 0 Å². The molecule has 0 unspecified atom stereocenters. The number of hydrogen-bond donors (Lipinski definition) is 1. The minimum Gasteiger partial charge on any atom is -0.507 e. The first-order chi connectivity index (χ1) is 10.1. The lowest BCUT2D eigenvalue weighted by Gasteiger charge is -2.03. The number of carbonyl (C=O) groups excluding carboxylic acids is 1. The van der Waals surface area contributed by atoms with E-state index in [-0.39, 0.29) is 11.3 Å². The average molecular weight is 282 g/mol. The standard InChI is InChI=1S/C17H14O4/c1-20-13-6-3-12(4-7-13)5-9-16(18)15-11-14(21-2)8-10-17(15)19/h3-4,6-8,10-11,19H,1-2H3. The van der Waals surface area contributed by atoms with E-state index in [1.807, 2.05) is 0 Å². The zero-order valence-corrected chi connectivity index (χ0v) is 11.7. The molecule has 0 aliphatic rings. The van der Waals surface area contributed by atoms with Gasteiger partial charge in [-0.3, -0.25) is 4.79 Å². The summed E-state index contributed by atoms with van der Waals surface area (Å²) in [6, 6.07) is 11.5. The quantitative estimate of drug-likeness (QED) is 0.694. The topological polar surface area (TPSA) is 55.8 Å². The number of phenolic OH excluding ortho intramolecular Hbond substituents is 1. The highest BCUT2D eigenvalue weighted by molar-refractivity contribution is 6.11. The van der Waals surface area contributed by atoms with Crippen molar-refractivity contribution in [2.45, 2.75) is 0 Å². The Bertz CT molecular complexity index is 706. The normalized spacial score (nSPS) is 9.43. The van der Waals surface area contributed by atoms with Crippen molar-refractivity contribution in [1.82, 2.24) is 0 Å². The van der Waals surface area contributed by atoms with E-state index in [0.717, 1.165) is 5.75 Å². The van der Waals surface area contributed by atoms with Gasteiger partial charge in [0.1, 0.15) is 17.2 Å². The predicted octanol–water partition coefficient (Wildman–Crippen LogP) is 2.64. The summed E-state index contributed by atoms with van der Waals surface area (Å²) >= 11 is 0. The van der Waals surface area contributed by atoms with E-state index in [1.54, 1.807) is 37.4 Å². The summed E-state index contributed by atoms with van der Waals surface area (Å²) in [5.74, 6) is 5.87. The van der Waals surface area contributed by atoms with Crippen LogP contribution in [-0.4, -0.2) is 25.1 Å². The van der Waals surface area contributed by atoms with Crippen LogP contribution in [-0.2, 0) is 0 Å². The van der Waals surface area contributed by atoms with Crippen LogP contribution in [0.4, 0.5) is 0 Å². The molecule has 0 aromatic heterocycles. The molecule has 0 saturated heterocycles. The van der Waals surface area contributed by atoms with E-state index in [1.165, 1.54) is 19.2 Å². The van der Waals surface area contributed by atoms with Gasteiger partial charge in [0.25, 0.3) is 0 Å². The summed E-state index contributed by atoms with van der Waals surface area (Å²) in [5, 5.41) is 9.71. The molecule has 0 amide bonds. The van der Waals surface area contributed by atoms with Crippen molar-refractivity contribution >= 4 is 5.78 Å². The number of Topliss-reactive ketones (excluding diaryl/α,β-unsaturated/α-hetero) is 1. The van der Waals surface area contributed by atoms with Crippen LogP contribution < -0.4 is 9.47 Å². The van der Waals surface area contributed by atoms with E-state index in [9.17, 15) is 9.90 Å². The number of hydrogen-bond acceptors (Lipinski definition) is 4. The van der Waals surface area contributed by atoms with E-state index < -0.39 is 5.78 Å². The Kier molecular flexibility index (Phi) is 4.47. The first-order valence-electron chi connectivity index (χ1n) is 6.21. The van der Waals surface area contributed by atoms with Crippen molar-refractivity contribution in [3.63, 3.8) is 0 Å². The van der Waals surface area contributed by atoms with Gasteiger partial charge in [-0.15, -0.1) is 0 Å². The number of rotatable bonds is 3. The van der Waals surface area contributed by atoms with Crippen LogP contribution in [0.1, 0.15) is 15.9 Å². The fourth-order valence-corrected chi connectivity index (χ4v) is 1.69. The largest absolute Gasteiger partial charge is 0.507 e. The molecule has 1 N–H and O–H groups in total. The van der Waals surface area contributed by atoms with Crippen molar-refractivity contribution in [1.29, 1.82) is 0 Å². The highest BCUT2D eigenvalue weighted by atomic mass is 16.5. The molecule has 106 valence electrons. The fraction of sp³-hybridized carbons (Fsp3) is 0.118. The van der Waals surface area contributed by atoms with Crippen LogP contribution in [0.2, 0.25) is 0 Å². The number of phenols is 1. The molecule has 2 aromatic carbocycles. The molecular formula is C17H14O4. The zero-order chi connectivity index (χ0) is 15.2. The molecule has 0 heterocycles. The summed E-state index contributed by atoms with van der Waals surface area (Å²) in [5.41, 5.74) is 0.807. The fourth-order valence-electron chi connectivity index (χ4n) is 1.69. The van der Waals surface area contributed by atoms with Crippen LogP contribution in [0.25, 0.3) is 0 Å². The van der Waals surface area contributed by atoms with Crippen molar-refractivity contribution < 1.29 is 19.4 Å². The SMILES string of the molecule is COc1ccc(C#CC(=O)c2cc(OC)ccc2O)cc1. The Morgan fingerprint density at radius 3 is 2.24 bits per heavy atom. The molecule has 21 heavy (non-hydrogen) atoms. The zero-order valence-electron chi connectivity index (χ0n) is 11.7. The first kappa shape index (κ1) is 14.5. The summed E-state index contributed by atoms with van der Waals surface area (Å²) < 4.78 is 10.1. The second-order valence-corrected chi connectivity index (χ2v) is 4.19. The molecule has 0 aliphatic carbocycles. The minimum absolute atomic E-state index is 0.121. The Morgan fingerprint density at radius 2 is 1.62 bits per heavy atom. The molecule has 0 radical (unpaired) electrons. The number of methoxy groups -OCH3 is 2. The van der Waals surface area contributed by atoms with Gasteiger partial charge in [0.15, 0.2) is 0 Å². The number of ketones is 1. The Labute approximate surface area is 122 Å². The van der Waals surface area contributed by atoms with E-state index in [0.29, 0.717) is 11.3 Å². The summed E-state index contributed by atoms with van der Waals surface area (Å²) in [6.45, 7) is 0. The number of carbonyl (C=O) groups is 1. The lowest BCUT2D eigenvalue weighted by atomic mass is 10.1. The number of aromatic hydroxyl groups is 1. The van der Waals surface area contributed by atoms with Gasteiger partial charge < -0.3 is 14.6 Å². The first-order valence-corrected chi connectivity index (χ1v) is 6.21. The van der Waals surface area contributed by atoms with Crippen LogP contribution in [0.5, 0.6) is 17.2 Å². The highest BCUT2D eigenvalue weighted by Gasteiger charge is 2.10. The molecule has 0 atom stereocenters. The van der Waals surface area contributed by atoms with Crippen LogP contribution >= 0.6 is 0 Å². The maximum atomic E-state index is 12.0. The maximum Gasteiger partial charge on any atom is 0.240 e. The Morgan fingerprint density at radius 1 is 1.00 bits per heavy atom. The molecule has 2 rings (SSSR count). The molecule has 0 spiro atoms. The van der Waals surface area contributed by atoms with Gasteiger partial charge in [0.05, 0.1) is 19.8 Å². The van der Waals surface area contributed by atoms with Crippen LogP contribution in [0.15, 0.2) is 42.5 Å². The molecule has 0 aliphatic heterocycles. The monoisotopic (exact) mass is 282 g/mol. The average Bonchev–Trinajstić information content (AvgIpc) is 2.53. The molecule has 0 fully saturated rings. The van der Waals surface area contributed by atoms with Gasteiger partial charge >= 0.3 is 0 Å². The Hall–Kier alpha value is -2.93. The van der Waals surface area contributed by atoms with E-state index in [2.05, 4.69) is 11.8 Å². The molecule has 4 heteroatoms. The second kappa shape index (κ2) is 6.49. The van der Waals surface area contributed by atoms with Crippen molar-refractivity contribution in [2.24, 2.45) is 0 Å². The van der Waals surface area contributed by atoms with Crippen LogP contribution in [0, 0.1) is 11.8 Å². The van der Waals surface area contributed by atoms with Gasteiger partial charge in [0.2, 0.25) is 5.78 Å². The third-order valence-electron chi connectivity index (χ3n) is 2.86. The second-order valence-electron chi connectivity index (χ2n) is 4.19. The lowest BCUT2D eigenvalue weighted by molar-refractivity contribution is 0.105. The van der Waals surface area contributed by atoms with Gasteiger partial charge in [-0.05, 0) is 48.4 Å². The van der Waals surface area contributed by atoms with Crippen molar-refractivity contribution in [3.8, 4) is 29.1 Å². The third kappa shape index (κ3) is 3.54. The summed E-state index contributed by atoms with van der Waals surface area (Å²) in [6.07, 6.45) is 0. The third-order valence-corrected chi connectivity index (χ3v) is 2.86. The molecule has 0 bridgehead atoms. The van der Waals surface area contributed by atoms with E-state index >= 15 is 0 Å². The van der Waals surface area contributed by atoms with Gasteiger partial charge in [-0.1, -0.05) is 5.92 Å². The van der Waals surface area contributed by atoms with Crippen molar-refractivity contribution in [2.75, 3.05) is 14.2 Å². The van der Waals surface area contributed by atoms with Gasteiger partial charge in [0, 0.05) is 5.56 Å². The lowest BCUT2D eigenvalue weighted by Crippen LogP contribution is -1.97.